The van der Waals surface area contributed by atoms with Gasteiger partial charge in [-0.3, -0.25) is 9.19 Å². The molecular formula is C13H19BrN2OS. The Morgan fingerprint density at radius 1 is 1.44 bits per heavy atom. The molecule has 0 radical (unpaired) electrons. The van der Waals surface area contributed by atoms with Gasteiger partial charge in [0.15, 0.2) is 0 Å². The predicted molar refractivity (Wildman–Crippen MR) is 80.5 cm³/mol. The minimum atomic E-state index is -0.710. The summed E-state index contributed by atoms with van der Waals surface area (Å²) >= 11 is 3.45. The molecule has 1 aliphatic heterocycles. The topological polar surface area (TPSA) is 33.2 Å². The maximum absolute atomic E-state index is 12.3. The molecule has 1 unspecified atom stereocenters. The number of anilines is 1. The third-order valence-corrected chi connectivity index (χ3v) is 6.51. The van der Waals surface area contributed by atoms with Gasteiger partial charge in [0.05, 0.1) is 16.6 Å². The molecule has 0 aliphatic carbocycles. The lowest BCUT2D eigenvalue weighted by Crippen LogP contribution is -2.53. The van der Waals surface area contributed by atoms with Crippen molar-refractivity contribution in [1.82, 2.24) is 4.98 Å². The van der Waals surface area contributed by atoms with Crippen molar-refractivity contribution in [2.24, 2.45) is 0 Å². The van der Waals surface area contributed by atoms with E-state index in [1.807, 2.05) is 6.20 Å². The van der Waals surface area contributed by atoms with Gasteiger partial charge in [-0.2, -0.15) is 0 Å². The van der Waals surface area contributed by atoms with Crippen LogP contribution in [0, 0.1) is 0 Å². The minimum absolute atomic E-state index is 0.0550. The van der Waals surface area contributed by atoms with E-state index >= 15 is 0 Å². The molecule has 1 aliphatic rings. The summed E-state index contributed by atoms with van der Waals surface area (Å²) in [5.41, 5.74) is 1.12. The van der Waals surface area contributed by atoms with Crippen molar-refractivity contribution >= 4 is 32.4 Å². The van der Waals surface area contributed by atoms with Crippen LogP contribution in [0.4, 0.5) is 5.69 Å². The van der Waals surface area contributed by atoms with Crippen LogP contribution in [-0.4, -0.2) is 32.8 Å². The Bertz CT molecular complexity index is 448. The smallest absolute Gasteiger partial charge is 0.0629 e. The zero-order valence-corrected chi connectivity index (χ0v) is 13.3. The Morgan fingerprint density at radius 3 is 2.78 bits per heavy atom. The Kier molecular flexibility index (Phi) is 4.43. The van der Waals surface area contributed by atoms with Crippen LogP contribution in [0.2, 0.25) is 0 Å². The molecule has 1 saturated heterocycles. The highest BCUT2D eigenvalue weighted by molar-refractivity contribution is 9.10. The summed E-state index contributed by atoms with van der Waals surface area (Å²) in [6.45, 7) is 6.01. The quantitative estimate of drug-likeness (QED) is 0.854. The van der Waals surface area contributed by atoms with Crippen LogP contribution < -0.4 is 4.90 Å². The number of rotatable bonds is 3. The number of halogens is 1. The first-order valence-corrected chi connectivity index (χ1v) is 8.46. The Balaban J connectivity index is 2.24. The lowest BCUT2D eigenvalue weighted by Gasteiger charge is -2.42. The van der Waals surface area contributed by atoms with Crippen molar-refractivity contribution in [2.75, 3.05) is 23.7 Å². The second-order valence-corrected chi connectivity index (χ2v) is 7.60. The Morgan fingerprint density at radius 2 is 2.17 bits per heavy atom. The highest BCUT2D eigenvalue weighted by Gasteiger charge is 2.38. The van der Waals surface area contributed by atoms with E-state index in [0.29, 0.717) is 0 Å². The van der Waals surface area contributed by atoms with Gasteiger partial charge in [-0.1, -0.05) is 13.8 Å². The summed E-state index contributed by atoms with van der Waals surface area (Å²) in [5.74, 6) is 0.758. The van der Waals surface area contributed by atoms with Gasteiger partial charge >= 0.3 is 0 Å². The van der Waals surface area contributed by atoms with E-state index in [-0.39, 0.29) is 4.75 Å². The second kappa shape index (κ2) is 5.70. The average molecular weight is 331 g/mol. The van der Waals surface area contributed by atoms with Gasteiger partial charge in [-0.25, -0.2) is 0 Å². The minimum Gasteiger partial charge on any atom is -0.368 e. The van der Waals surface area contributed by atoms with E-state index in [9.17, 15) is 4.21 Å². The normalized spacial score (nSPS) is 23.1. The van der Waals surface area contributed by atoms with Crippen molar-refractivity contribution in [3.63, 3.8) is 0 Å². The van der Waals surface area contributed by atoms with Gasteiger partial charge in [0.1, 0.15) is 0 Å². The van der Waals surface area contributed by atoms with Crippen molar-refractivity contribution in [3.8, 4) is 0 Å². The van der Waals surface area contributed by atoms with Gasteiger partial charge in [-0.05, 0) is 34.8 Å². The molecule has 0 N–H and O–H groups in total. The van der Waals surface area contributed by atoms with Crippen LogP contribution in [0.5, 0.6) is 0 Å². The van der Waals surface area contributed by atoms with Crippen molar-refractivity contribution in [2.45, 2.75) is 31.4 Å². The van der Waals surface area contributed by atoms with Crippen LogP contribution in [0.3, 0.4) is 0 Å². The van der Waals surface area contributed by atoms with Crippen molar-refractivity contribution in [3.05, 3.63) is 22.9 Å². The summed E-state index contributed by atoms with van der Waals surface area (Å²) < 4.78 is 13.2. The molecule has 0 bridgehead atoms. The summed E-state index contributed by atoms with van der Waals surface area (Å²) in [7, 11) is -0.710. The van der Waals surface area contributed by atoms with E-state index in [1.165, 1.54) is 0 Å². The first-order chi connectivity index (χ1) is 8.61. The fourth-order valence-electron chi connectivity index (χ4n) is 2.50. The largest absolute Gasteiger partial charge is 0.368 e. The van der Waals surface area contributed by atoms with E-state index in [1.54, 1.807) is 6.20 Å². The summed E-state index contributed by atoms with van der Waals surface area (Å²) in [6.07, 6.45) is 5.61. The molecule has 0 amide bonds. The second-order valence-electron chi connectivity index (χ2n) is 4.72. The highest BCUT2D eigenvalue weighted by atomic mass is 79.9. The monoisotopic (exact) mass is 330 g/mol. The summed E-state index contributed by atoms with van der Waals surface area (Å²) in [6, 6.07) is 2.08. The highest BCUT2D eigenvalue weighted by Crippen LogP contribution is 2.31. The standard InChI is InChI=1S/C13H19BrN2OS/c1-3-13(4-2)10-16(5-6-18(13)17)12-7-11(14)8-15-9-12/h7-9H,3-6,10H2,1-2H3. The van der Waals surface area contributed by atoms with Crippen LogP contribution >= 0.6 is 15.9 Å². The third-order valence-electron chi connectivity index (χ3n) is 3.85. The van der Waals surface area contributed by atoms with Crippen LogP contribution in [0.1, 0.15) is 26.7 Å². The van der Waals surface area contributed by atoms with E-state index in [0.717, 1.165) is 41.8 Å². The molecule has 1 aromatic rings. The van der Waals surface area contributed by atoms with Gasteiger partial charge in [0.25, 0.3) is 0 Å². The van der Waals surface area contributed by atoms with Crippen LogP contribution in [-0.2, 0) is 10.8 Å². The molecule has 1 atom stereocenters. The number of nitrogens with zero attached hydrogens (tertiary/aromatic N) is 2. The summed E-state index contributed by atoms with van der Waals surface area (Å²) in [5, 5.41) is 0. The lowest BCUT2D eigenvalue weighted by molar-refractivity contribution is 0.496. The van der Waals surface area contributed by atoms with Crippen molar-refractivity contribution < 1.29 is 4.21 Å². The zero-order chi connectivity index (χ0) is 13.2. The molecule has 100 valence electrons. The SMILES string of the molecule is CCC1(CC)CN(c2cncc(Br)c2)CCS1=O. The molecule has 2 rings (SSSR count). The first-order valence-electron chi connectivity index (χ1n) is 6.35. The molecule has 0 aromatic carbocycles. The van der Waals surface area contributed by atoms with Gasteiger partial charge in [0, 0.05) is 40.3 Å². The van der Waals surface area contributed by atoms with Gasteiger partial charge < -0.3 is 4.90 Å². The van der Waals surface area contributed by atoms with Gasteiger partial charge in [0.2, 0.25) is 0 Å². The first kappa shape index (κ1) is 14.0. The van der Waals surface area contributed by atoms with E-state index < -0.39 is 10.8 Å². The number of hydrogen-bond donors (Lipinski definition) is 0. The number of hydrogen-bond acceptors (Lipinski definition) is 3. The van der Waals surface area contributed by atoms with Crippen LogP contribution in [0.15, 0.2) is 22.9 Å². The van der Waals surface area contributed by atoms with E-state index in [4.69, 9.17) is 0 Å². The zero-order valence-electron chi connectivity index (χ0n) is 10.9. The van der Waals surface area contributed by atoms with Gasteiger partial charge in [-0.15, -0.1) is 0 Å². The molecule has 2 heterocycles. The van der Waals surface area contributed by atoms with E-state index in [2.05, 4.69) is 45.7 Å². The molecule has 18 heavy (non-hydrogen) atoms. The Labute approximate surface area is 120 Å². The predicted octanol–water partition coefficient (Wildman–Crippen LogP) is 2.97. The molecule has 0 saturated carbocycles. The third kappa shape index (κ3) is 2.62. The van der Waals surface area contributed by atoms with Crippen LogP contribution in [0.25, 0.3) is 0 Å². The fraction of sp³-hybridized carbons (Fsp3) is 0.615. The maximum Gasteiger partial charge on any atom is 0.0629 e. The fourth-order valence-corrected chi connectivity index (χ4v) is 4.61. The molecule has 3 nitrogen and oxygen atoms in total. The summed E-state index contributed by atoms with van der Waals surface area (Å²) in [4.78, 5) is 6.53. The number of pyridine rings is 1. The Hall–Kier alpha value is -0.420. The molecular weight excluding hydrogens is 312 g/mol. The molecule has 0 spiro atoms. The number of aromatic nitrogens is 1. The average Bonchev–Trinajstić information content (AvgIpc) is 2.40. The maximum atomic E-state index is 12.3. The lowest BCUT2D eigenvalue weighted by atomic mass is 10.0. The van der Waals surface area contributed by atoms with Crippen molar-refractivity contribution in [1.29, 1.82) is 0 Å². The molecule has 1 fully saturated rings. The molecule has 5 heteroatoms. The molecule has 1 aromatic heterocycles.